The van der Waals surface area contributed by atoms with Gasteiger partial charge >= 0.3 is 10.3 Å². The van der Waals surface area contributed by atoms with Crippen molar-refractivity contribution in [2.75, 3.05) is 7.05 Å². The van der Waals surface area contributed by atoms with Gasteiger partial charge in [-0.15, -0.1) is 0 Å². The maximum atomic E-state index is 11.3. The Morgan fingerprint density at radius 3 is 2.32 bits per heavy atom. The highest BCUT2D eigenvalue weighted by Crippen LogP contribution is 2.39. The predicted octanol–water partition coefficient (Wildman–Crippen LogP) is 1.57. The fourth-order valence-electron chi connectivity index (χ4n) is 2.02. The van der Waals surface area contributed by atoms with Crippen molar-refractivity contribution in [1.82, 2.24) is 4.31 Å². The first kappa shape index (κ1) is 14.4. The fraction of sp³-hybridized carbons (Fsp3) is 0.500. The number of nitrogens with zero attached hydrogens (tertiary/aromatic N) is 1. The minimum Gasteiger partial charge on any atom is -0.338 e. The lowest BCUT2D eigenvalue weighted by molar-refractivity contribution is -0.154. The Morgan fingerprint density at radius 1 is 1.21 bits per heavy atom. The van der Waals surface area contributed by atoms with E-state index in [1.807, 2.05) is 30.3 Å². The fourth-order valence-corrected chi connectivity index (χ4v) is 2.43. The second-order valence-corrected chi connectivity index (χ2v) is 6.32. The van der Waals surface area contributed by atoms with E-state index in [1.54, 1.807) is 13.8 Å². The number of benzene rings is 1. The first-order valence-electron chi connectivity index (χ1n) is 5.82. The van der Waals surface area contributed by atoms with Crippen LogP contribution in [0.2, 0.25) is 0 Å². The lowest BCUT2D eigenvalue weighted by Gasteiger charge is -2.24. The van der Waals surface area contributed by atoms with Gasteiger partial charge in [0.15, 0.2) is 12.0 Å². The molecule has 0 aliphatic carbocycles. The summed E-state index contributed by atoms with van der Waals surface area (Å²) in [6.07, 6.45) is -1.50. The maximum Gasteiger partial charge on any atom is 0.337 e. The minimum atomic E-state index is -4.35. The first-order chi connectivity index (χ1) is 8.71. The SMILES string of the molecule is CN(C1OC(C)(C)OC1c1ccccc1)S(=O)(=O)O. The van der Waals surface area contributed by atoms with Crippen molar-refractivity contribution < 1.29 is 22.4 Å². The zero-order valence-corrected chi connectivity index (χ0v) is 11.8. The van der Waals surface area contributed by atoms with E-state index in [2.05, 4.69) is 0 Å². The average molecular weight is 287 g/mol. The van der Waals surface area contributed by atoms with Crippen LogP contribution in [0.15, 0.2) is 30.3 Å². The van der Waals surface area contributed by atoms with Gasteiger partial charge in [0.2, 0.25) is 0 Å². The Labute approximate surface area is 112 Å². The molecule has 1 aromatic rings. The third-order valence-electron chi connectivity index (χ3n) is 2.92. The third kappa shape index (κ3) is 3.13. The predicted molar refractivity (Wildman–Crippen MR) is 68.5 cm³/mol. The summed E-state index contributed by atoms with van der Waals surface area (Å²) in [4.78, 5) is 0. The van der Waals surface area contributed by atoms with Crippen LogP contribution in [0.4, 0.5) is 0 Å². The van der Waals surface area contributed by atoms with Crippen molar-refractivity contribution >= 4 is 10.3 Å². The Morgan fingerprint density at radius 2 is 1.79 bits per heavy atom. The molecule has 0 saturated carbocycles. The molecule has 6 nitrogen and oxygen atoms in total. The molecule has 0 radical (unpaired) electrons. The lowest BCUT2D eigenvalue weighted by Crippen LogP contribution is -2.40. The largest absolute Gasteiger partial charge is 0.338 e. The highest BCUT2D eigenvalue weighted by Gasteiger charge is 2.46. The van der Waals surface area contributed by atoms with E-state index >= 15 is 0 Å². The van der Waals surface area contributed by atoms with Gasteiger partial charge in [0, 0.05) is 7.05 Å². The van der Waals surface area contributed by atoms with E-state index < -0.39 is 28.4 Å². The molecule has 7 heteroatoms. The Hall–Kier alpha value is -0.990. The van der Waals surface area contributed by atoms with Gasteiger partial charge in [0.05, 0.1) is 0 Å². The molecule has 2 unspecified atom stereocenters. The van der Waals surface area contributed by atoms with E-state index in [9.17, 15) is 8.42 Å². The summed E-state index contributed by atoms with van der Waals surface area (Å²) < 4.78 is 43.7. The molecule has 1 aliphatic rings. The lowest BCUT2D eigenvalue weighted by atomic mass is 10.1. The molecule has 0 spiro atoms. The normalized spacial score (nSPS) is 26.8. The molecule has 1 heterocycles. The van der Waals surface area contributed by atoms with Crippen molar-refractivity contribution in [3.8, 4) is 0 Å². The van der Waals surface area contributed by atoms with E-state index in [1.165, 1.54) is 7.05 Å². The molecular formula is C12H17NO5S. The van der Waals surface area contributed by atoms with Crippen LogP contribution in [0.25, 0.3) is 0 Å². The zero-order chi connectivity index (χ0) is 14.3. The highest BCUT2D eigenvalue weighted by molar-refractivity contribution is 7.83. The van der Waals surface area contributed by atoms with Gasteiger partial charge in [0.25, 0.3) is 0 Å². The standard InChI is InChI=1S/C12H17NO5S/c1-12(2)17-10(9-7-5-4-6-8-9)11(18-12)13(3)19(14,15)16/h4-8,10-11H,1-3H3,(H,14,15,16). The van der Waals surface area contributed by atoms with Gasteiger partial charge in [-0.1, -0.05) is 30.3 Å². The van der Waals surface area contributed by atoms with Gasteiger partial charge in [0.1, 0.15) is 6.10 Å². The summed E-state index contributed by atoms with van der Waals surface area (Å²) in [5, 5.41) is 0. The molecule has 0 bridgehead atoms. The summed E-state index contributed by atoms with van der Waals surface area (Å²) in [6.45, 7) is 3.39. The van der Waals surface area contributed by atoms with Crippen LogP contribution in [0.5, 0.6) is 0 Å². The van der Waals surface area contributed by atoms with Gasteiger partial charge in [-0.25, -0.2) is 0 Å². The number of likely N-dealkylation sites (N-methyl/N-ethyl adjacent to an activating group) is 1. The van der Waals surface area contributed by atoms with Crippen LogP contribution in [-0.4, -0.2) is 36.3 Å². The minimum absolute atomic E-state index is 0.594. The van der Waals surface area contributed by atoms with E-state index in [0.717, 1.165) is 9.87 Å². The van der Waals surface area contributed by atoms with Crippen LogP contribution in [0.1, 0.15) is 25.5 Å². The first-order valence-corrected chi connectivity index (χ1v) is 7.21. The summed E-state index contributed by atoms with van der Waals surface area (Å²) in [5.74, 6) is -0.926. The second kappa shape index (κ2) is 4.84. The van der Waals surface area contributed by atoms with Crippen LogP contribution in [0.3, 0.4) is 0 Å². The summed E-state index contributed by atoms with van der Waals surface area (Å²) in [7, 11) is -3.10. The van der Waals surface area contributed by atoms with Crippen LogP contribution in [-0.2, 0) is 19.8 Å². The summed E-state index contributed by atoms with van der Waals surface area (Å²) >= 11 is 0. The summed E-state index contributed by atoms with van der Waals surface area (Å²) in [5.41, 5.74) is 0.786. The molecule has 106 valence electrons. The maximum absolute atomic E-state index is 11.3. The topological polar surface area (TPSA) is 76.1 Å². The van der Waals surface area contributed by atoms with Gasteiger partial charge in [-0.3, -0.25) is 4.55 Å². The molecule has 1 N–H and O–H groups in total. The monoisotopic (exact) mass is 287 g/mol. The number of rotatable bonds is 3. The quantitative estimate of drug-likeness (QED) is 0.854. The smallest absolute Gasteiger partial charge is 0.337 e. The molecule has 1 saturated heterocycles. The summed E-state index contributed by atoms with van der Waals surface area (Å²) in [6, 6.07) is 9.15. The Balaban J connectivity index is 2.35. The molecule has 0 aromatic heterocycles. The van der Waals surface area contributed by atoms with Crippen molar-refractivity contribution in [2.24, 2.45) is 0 Å². The second-order valence-electron chi connectivity index (χ2n) is 4.85. The van der Waals surface area contributed by atoms with Gasteiger partial charge in [-0.05, 0) is 19.4 Å². The Bertz CT molecular complexity index is 542. The Kier molecular flexibility index (Phi) is 3.67. The molecule has 1 aliphatic heterocycles. The average Bonchev–Trinajstić information content (AvgIpc) is 2.64. The molecular weight excluding hydrogens is 270 g/mol. The van der Waals surface area contributed by atoms with E-state index in [4.69, 9.17) is 14.0 Å². The molecule has 2 atom stereocenters. The highest BCUT2D eigenvalue weighted by atomic mass is 32.2. The van der Waals surface area contributed by atoms with Crippen LogP contribution >= 0.6 is 0 Å². The van der Waals surface area contributed by atoms with E-state index in [-0.39, 0.29) is 0 Å². The van der Waals surface area contributed by atoms with Crippen molar-refractivity contribution in [2.45, 2.75) is 32.0 Å². The van der Waals surface area contributed by atoms with Crippen molar-refractivity contribution in [1.29, 1.82) is 0 Å². The third-order valence-corrected chi connectivity index (χ3v) is 3.86. The molecule has 1 fully saturated rings. The zero-order valence-electron chi connectivity index (χ0n) is 11.0. The van der Waals surface area contributed by atoms with Crippen molar-refractivity contribution in [3.63, 3.8) is 0 Å². The van der Waals surface area contributed by atoms with Gasteiger partial charge in [-0.2, -0.15) is 12.7 Å². The van der Waals surface area contributed by atoms with Crippen LogP contribution in [0, 0.1) is 0 Å². The molecule has 0 amide bonds. The van der Waals surface area contributed by atoms with Crippen molar-refractivity contribution in [3.05, 3.63) is 35.9 Å². The van der Waals surface area contributed by atoms with Crippen LogP contribution < -0.4 is 0 Å². The van der Waals surface area contributed by atoms with E-state index in [0.29, 0.717) is 0 Å². The molecule has 2 rings (SSSR count). The number of hydrogen-bond donors (Lipinski definition) is 1. The number of hydrogen-bond acceptors (Lipinski definition) is 4. The molecule has 1 aromatic carbocycles. The molecule has 19 heavy (non-hydrogen) atoms. The van der Waals surface area contributed by atoms with Gasteiger partial charge < -0.3 is 9.47 Å². The number of ether oxygens (including phenoxy) is 2.